The maximum absolute atomic E-state index is 5.44. The van der Waals surface area contributed by atoms with E-state index in [1.54, 1.807) is 0 Å². The first kappa shape index (κ1) is 12.9. The van der Waals surface area contributed by atoms with Gasteiger partial charge in [0.05, 0.1) is 5.69 Å². The van der Waals surface area contributed by atoms with Crippen LogP contribution in [-0.4, -0.2) is 48.3 Å². The van der Waals surface area contributed by atoms with Crippen LogP contribution >= 0.6 is 0 Å². The maximum atomic E-state index is 5.44. The van der Waals surface area contributed by atoms with Gasteiger partial charge in [-0.05, 0) is 37.8 Å². The lowest BCUT2D eigenvalue weighted by Gasteiger charge is -2.39. The summed E-state index contributed by atoms with van der Waals surface area (Å²) in [6.07, 6.45) is 8.60. The molecule has 2 aliphatic heterocycles. The number of rotatable bonds is 3. The fraction of sp³-hybridized carbons (Fsp3) is 0.667. The molecular weight excluding hydrogens is 238 g/mol. The quantitative estimate of drug-likeness (QED) is 0.904. The van der Waals surface area contributed by atoms with E-state index in [0.29, 0.717) is 6.04 Å². The lowest BCUT2D eigenvalue weighted by atomic mass is 9.99. The molecule has 4 heteroatoms. The van der Waals surface area contributed by atoms with Crippen molar-refractivity contribution in [3.8, 4) is 0 Å². The highest BCUT2D eigenvalue weighted by Crippen LogP contribution is 2.21. The highest BCUT2D eigenvalue weighted by Gasteiger charge is 2.26. The molecule has 3 heterocycles. The SMILES string of the molecule is c1cncc(NC2CCN(C3CCOCC3)CC2)c1. The molecule has 104 valence electrons. The largest absolute Gasteiger partial charge is 0.381 e. The Morgan fingerprint density at radius 2 is 1.95 bits per heavy atom. The summed E-state index contributed by atoms with van der Waals surface area (Å²) in [5.74, 6) is 0. The molecule has 3 rings (SSSR count). The lowest BCUT2D eigenvalue weighted by Crippen LogP contribution is -2.46. The van der Waals surface area contributed by atoms with Gasteiger partial charge < -0.3 is 15.0 Å². The number of anilines is 1. The van der Waals surface area contributed by atoms with Crippen LogP contribution in [0.4, 0.5) is 5.69 Å². The number of nitrogens with one attached hydrogen (secondary N) is 1. The summed E-state index contributed by atoms with van der Waals surface area (Å²) < 4.78 is 5.44. The van der Waals surface area contributed by atoms with Crippen molar-refractivity contribution in [1.82, 2.24) is 9.88 Å². The summed E-state index contributed by atoms with van der Waals surface area (Å²) in [5.41, 5.74) is 1.15. The van der Waals surface area contributed by atoms with E-state index in [1.165, 1.54) is 38.8 Å². The summed E-state index contributed by atoms with van der Waals surface area (Å²) in [6.45, 7) is 4.31. The molecule has 0 atom stereocenters. The van der Waals surface area contributed by atoms with E-state index in [9.17, 15) is 0 Å². The molecule has 1 aromatic rings. The summed E-state index contributed by atoms with van der Waals surface area (Å²) >= 11 is 0. The standard InChI is InChI=1S/C15H23N3O/c1-2-14(12-16-7-1)17-13-3-8-18(9-4-13)15-5-10-19-11-6-15/h1-2,7,12-13,15,17H,3-6,8-11H2. The Morgan fingerprint density at radius 3 is 2.63 bits per heavy atom. The second-order valence-corrected chi connectivity index (χ2v) is 5.54. The van der Waals surface area contributed by atoms with Gasteiger partial charge in [0.1, 0.15) is 0 Å². The van der Waals surface area contributed by atoms with Crippen LogP contribution in [0.3, 0.4) is 0 Å². The molecule has 2 saturated heterocycles. The normalized spacial score (nSPS) is 23.4. The first-order valence-electron chi connectivity index (χ1n) is 7.40. The molecule has 2 fully saturated rings. The van der Waals surface area contributed by atoms with Crippen LogP contribution in [0.25, 0.3) is 0 Å². The van der Waals surface area contributed by atoms with Gasteiger partial charge in [-0.3, -0.25) is 4.98 Å². The molecule has 0 amide bonds. The van der Waals surface area contributed by atoms with Crippen LogP contribution in [0, 0.1) is 0 Å². The van der Waals surface area contributed by atoms with Gasteiger partial charge in [0.15, 0.2) is 0 Å². The molecular formula is C15H23N3O. The highest BCUT2D eigenvalue weighted by molar-refractivity contribution is 5.40. The first-order chi connectivity index (χ1) is 9.42. The fourth-order valence-electron chi connectivity index (χ4n) is 3.14. The molecule has 0 saturated carbocycles. The van der Waals surface area contributed by atoms with Crippen LogP contribution in [-0.2, 0) is 4.74 Å². The molecule has 1 N–H and O–H groups in total. The minimum Gasteiger partial charge on any atom is -0.381 e. The zero-order valence-electron chi connectivity index (χ0n) is 11.4. The van der Waals surface area contributed by atoms with Crippen molar-refractivity contribution >= 4 is 5.69 Å². The number of ether oxygens (including phenoxy) is 1. The number of pyridine rings is 1. The first-order valence-corrected chi connectivity index (χ1v) is 7.40. The van der Waals surface area contributed by atoms with Crippen molar-refractivity contribution in [2.75, 3.05) is 31.6 Å². The van der Waals surface area contributed by atoms with Gasteiger partial charge in [0.2, 0.25) is 0 Å². The Kier molecular flexibility index (Phi) is 4.30. The van der Waals surface area contributed by atoms with Crippen molar-refractivity contribution < 1.29 is 4.74 Å². The van der Waals surface area contributed by atoms with Crippen LogP contribution in [0.15, 0.2) is 24.5 Å². The monoisotopic (exact) mass is 261 g/mol. The molecule has 0 bridgehead atoms. The molecule has 0 spiro atoms. The van der Waals surface area contributed by atoms with Gasteiger partial charge in [-0.1, -0.05) is 0 Å². The minimum atomic E-state index is 0.597. The molecule has 4 nitrogen and oxygen atoms in total. The zero-order chi connectivity index (χ0) is 12.9. The van der Waals surface area contributed by atoms with E-state index in [0.717, 1.165) is 24.9 Å². The van der Waals surface area contributed by atoms with Crippen molar-refractivity contribution in [2.24, 2.45) is 0 Å². The number of likely N-dealkylation sites (tertiary alicyclic amines) is 1. The van der Waals surface area contributed by atoms with E-state index in [2.05, 4.69) is 21.3 Å². The Bertz CT molecular complexity index is 370. The smallest absolute Gasteiger partial charge is 0.0528 e. The summed E-state index contributed by atoms with van der Waals surface area (Å²) in [5, 5.41) is 3.59. The van der Waals surface area contributed by atoms with E-state index >= 15 is 0 Å². The van der Waals surface area contributed by atoms with Gasteiger partial charge in [-0.15, -0.1) is 0 Å². The molecule has 0 aromatic carbocycles. The maximum Gasteiger partial charge on any atom is 0.0528 e. The fourth-order valence-corrected chi connectivity index (χ4v) is 3.14. The van der Waals surface area contributed by atoms with Crippen molar-refractivity contribution in [3.05, 3.63) is 24.5 Å². The third-order valence-electron chi connectivity index (χ3n) is 4.27. The molecule has 1 aromatic heterocycles. The number of hydrogen-bond acceptors (Lipinski definition) is 4. The third kappa shape index (κ3) is 3.45. The number of aromatic nitrogens is 1. The molecule has 0 radical (unpaired) electrons. The second-order valence-electron chi connectivity index (χ2n) is 5.54. The molecule has 2 aliphatic rings. The van der Waals surface area contributed by atoms with E-state index in [-0.39, 0.29) is 0 Å². The predicted octanol–water partition coefficient (Wildman–Crippen LogP) is 2.14. The average molecular weight is 261 g/mol. The number of hydrogen-bond donors (Lipinski definition) is 1. The number of nitrogens with zero attached hydrogens (tertiary/aromatic N) is 2. The zero-order valence-corrected chi connectivity index (χ0v) is 11.4. The topological polar surface area (TPSA) is 37.4 Å². The molecule has 0 aliphatic carbocycles. The summed E-state index contributed by atoms with van der Waals surface area (Å²) in [6, 6.07) is 5.44. The van der Waals surface area contributed by atoms with Crippen molar-refractivity contribution in [2.45, 2.75) is 37.8 Å². The van der Waals surface area contributed by atoms with Gasteiger partial charge >= 0.3 is 0 Å². The van der Waals surface area contributed by atoms with Crippen molar-refractivity contribution in [3.63, 3.8) is 0 Å². The van der Waals surface area contributed by atoms with Gasteiger partial charge in [-0.2, -0.15) is 0 Å². The van der Waals surface area contributed by atoms with Crippen LogP contribution in [0.1, 0.15) is 25.7 Å². The van der Waals surface area contributed by atoms with Gasteiger partial charge in [0, 0.05) is 50.8 Å². The third-order valence-corrected chi connectivity index (χ3v) is 4.27. The Labute approximate surface area is 115 Å². The van der Waals surface area contributed by atoms with Crippen LogP contribution in [0.2, 0.25) is 0 Å². The van der Waals surface area contributed by atoms with Crippen LogP contribution in [0.5, 0.6) is 0 Å². The Morgan fingerprint density at radius 1 is 1.16 bits per heavy atom. The van der Waals surface area contributed by atoms with Crippen molar-refractivity contribution in [1.29, 1.82) is 0 Å². The molecule has 19 heavy (non-hydrogen) atoms. The number of piperidine rings is 1. The minimum absolute atomic E-state index is 0.597. The van der Waals surface area contributed by atoms with Gasteiger partial charge in [0.25, 0.3) is 0 Å². The highest BCUT2D eigenvalue weighted by atomic mass is 16.5. The molecule has 0 unspecified atom stereocenters. The van der Waals surface area contributed by atoms with E-state index in [4.69, 9.17) is 4.74 Å². The Hall–Kier alpha value is -1.13. The van der Waals surface area contributed by atoms with E-state index < -0.39 is 0 Å². The van der Waals surface area contributed by atoms with Crippen LogP contribution < -0.4 is 5.32 Å². The average Bonchev–Trinajstić information content (AvgIpc) is 2.50. The second kappa shape index (κ2) is 6.35. The van der Waals surface area contributed by atoms with E-state index in [1.807, 2.05) is 18.5 Å². The lowest BCUT2D eigenvalue weighted by molar-refractivity contribution is 0.0262. The Balaban J connectivity index is 1.46. The predicted molar refractivity (Wildman–Crippen MR) is 76.3 cm³/mol. The van der Waals surface area contributed by atoms with Gasteiger partial charge in [-0.25, -0.2) is 0 Å². The summed E-state index contributed by atoms with van der Waals surface area (Å²) in [7, 11) is 0. The summed E-state index contributed by atoms with van der Waals surface area (Å²) in [4.78, 5) is 6.81.